The van der Waals surface area contributed by atoms with Crippen molar-refractivity contribution < 1.29 is 33.0 Å². The van der Waals surface area contributed by atoms with Crippen LogP contribution in [0, 0.1) is 5.82 Å². The lowest BCUT2D eigenvalue weighted by Gasteiger charge is -2.11. The summed E-state index contributed by atoms with van der Waals surface area (Å²) < 4.78 is 29.6. The average Bonchev–Trinajstić information content (AvgIpc) is 2.89. The van der Waals surface area contributed by atoms with Gasteiger partial charge in [0.15, 0.2) is 18.1 Å². The summed E-state index contributed by atoms with van der Waals surface area (Å²) in [6.07, 6.45) is 0.910. The van der Waals surface area contributed by atoms with Gasteiger partial charge in [0.2, 0.25) is 11.8 Å². The fourth-order valence-electron chi connectivity index (χ4n) is 3.08. The second kappa shape index (κ2) is 13.2. The first-order valence-electron chi connectivity index (χ1n) is 11.0. The number of hydrazone groups is 1. The summed E-state index contributed by atoms with van der Waals surface area (Å²) in [5, 5.41) is 8.87. The predicted molar refractivity (Wildman–Crippen MR) is 135 cm³/mol. The quantitative estimate of drug-likeness (QED) is 0.207. The van der Waals surface area contributed by atoms with Gasteiger partial charge in [-0.1, -0.05) is 24.3 Å². The van der Waals surface area contributed by atoms with Gasteiger partial charge in [-0.2, -0.15) is 5.10 Å². The number of methoxy groups -OCH3 is 2. The Balaban J connectivity index is 1.50. The van der Waals surface area contributed by atoms with Gasteiger partial charge >= 0.3 is 0 Å². The smallest absolute Gasteiger partial charge is 0.262 e. The molecular weight excluding hydrogens is 483 g/mol. The first kappa shape index (κ1) is 26.7. The van der Waals surface area contributed by atoms with E-state index in [4.69, 9.17) is 14.2 Å². The number of hydrogen-bond acceptors (Lipinski definition) is 7. The van der Waals surface area contributed by atoms with Gasteiger partial charge < -0.3 is 24.8 Å². The number of hydrogen-bond donors (Lipinski definition) is 3. The molecule has 0 atom stereocenters. The van der Waals surface area contributed by atoms with Gasteiger partial charge in [-0.15, -0.1) is 0 Å². The Bertz CT molecular complexity index is 1300. The van der Waals surface area contributed by atoms with E-state index in [9.17, 15) is 18.8 Å². The third-order valence-corrected chi connectivity index (χ3v) is 4.80. The first-order chi connectivity index (χ1) is 17.9. The van der Waals surface area contributed by atoms with Crippen LogP contribution in [-0.4, -0.2) is 44.8 Å². The molecule has 0 heterocycles. The van der Waals surface area contributed by atoms with Gasteiger partial charge in [0, 0.05) is 0 Å². The van der Waals surface area contributed by atoms with Crippen molar-refractivity contribution in [3.8, 4) is 17.2 Å². The van der Waals surface area contributed by atoms with E-state index in [1.165, 1.54) is 38.6 Å². The molecule has 192 valence electrons. The molecule has 0 aliphatic rings. The number of halogens is 1. The van der Waals surface area contributed by atoms with Crippen LogP contribution in [0.15, 0.2) is 71.8 Å². The van der Waals surface area contributed by atoms with Gasteiger partial charge in [-0.25, -0.2) is 9.82 Å². The van der Waals surface area contributed by atoms with E-state index < -0.39 is 30.0 Å². The van der Waals surface area contributed by atoms with Gasteiger partial charge in [0.1, 0.15) is 18.0 Å². The highest BCUT2D eigenvalue weighted by Crippen LogP contribution is 2.27. The minimum atomic E-state index is -0.614. The second-order valence-corrected chi connectivity index (χ2v) is 7.45. The number of nitrogens with zero attached hydrogens (tertiary/aromatic N) is 1. The normalized spacial score (nSPS) is 10.5. The molecular formula is C26H25FN4O6. The van der Waals surface area contributed by atoms with Crippen molar-refractivity contribution in [1.29, 1.82) is 0 Å². The fourth-order valence-corrected chi connectivity index (χ4v) is 3.08. The monoisotopic (exact) mass is 508 g/mol. The molecule has 11 heteroatoms. The summed E-state index contributed by atoms with van der Waals surface area (Å²) in [5.41, 5.74) is 3.33. The molecule has 3 amide bonds. The van der Waals surface area contributed by atoms with Gasteiger partial charge in [-0.05, 0) is 48.0 Å². The Kier molecular flexibility index (Phi) is 9.54. The average molecular weight is 509 g/mol. The summed E-state index contributed by atoms with van der Waals surface area (Å²) in [6, 6.07) is 17.4. The van der Waals surface area contributed by atoms with Crippen LogP contribution in [0.1, 0.15) is 12.0 Å². The number of benzene rings is 3. The van der Waals surface area contributed by atoms with Crippen LogP contribution in [0.3, 0.4) is 0 Å². The van der Waals surface area contributed by atoms with Crippen LogP contribution in [-0.2, 0) is 14.4 Å². The maximum atomic E-state index is 13.7. The Morgan fingerprint density at radius 2 is 1.49 bits per heavy atom. The molecule has 0 aliphatic carbocycles. The lowest BCUT2D eigenvalue weighted by atomic mass is 10.2. The highest BCUT2D eigenvalue weighted by atomic mass is 19.1. The molecule has 0 radical (unpaired) electrons. The molecule has 3 N–H and O–H groups in total. The number of para-hydroxylation sites is 3. The summed E-state index contributed by atoms with van der Waals surface area (Å²) in [7, 11) is 2.90. The van der Waals surface area contributed by atoms with E-state index >= 15 is 0 Å². The van der Waals surface area contributed by atoms with Crippen LogP contribution in [0.5, 0.6) is 17.2 Å². The summed E-state index contributed by atoms with van der Waals surface area (Å²) >= 11 is 0. The number of carbonyl (C=O) groups excluding carboxylic acids is 3. The Labute approximate surface area is 212 Å². The third-order valence-electron chi connectivity index (χ3n) is 4.80. The minimum absolute atomic E-state index is 0.0499. The zero-order valence-electron chi connectivity index (χ0n) is 20.1. The van der Waals surface area contributed by atoms with E-state index in [1.54, 1.807) is 48.5 Å². The molecule has 0 spiro atoms. The molecule has 0 saturated heterocycles. The maximum Gasteiger partial charge on any atom is 0.262 e. The molecule has 0 saturated carbocycles. The van der Waals surface area contributed by atoms with Gasteiger partial charge in [-0.3, -0.25) is 14.4 Å². The number of anilines is 2. The third kappa shape index (κ3) is 8.06. The fraction of sp³-hybridized carbons (Fsp3) is 0.154. The van der Waals surface area contributed by atoms with Crippen molar-refractivity contribution in [1.82, 2.24) is 5.43 Å². The number of ether oxygens (including phenoxy) is 3. The van der Waals surface area contributed by atoms with Crippen LogP contribution in [0.2, 0.25) is 0 Å². The zero-order chi connectivity index (χ0) is 26.6. The SMILES string of the molecule is COc1ccccc1NC(=O)CC(=O)NN=Cc1ccc(OCC(=O)Nc2ccccc2F)c(OC)c1. The molecule has 3 aromatic carbocycles. The topological polar surface area (TPSA) is 127 Å². The largest absolute Gasteiger partial charge is 0.495 e. The van der Waals surface area contributed by atoms with Crippen molar-refractivity contribution in [2.45, 2.75) is 6.42 Å². The first-order valence-corrected chi connectivity index (χ1v) is 11.0. The highest BCUT2D eigenvalue weighted by molar-refractivity contribution is 6.04. The molecule has 10 nitrogen and oxygen atoms in total. The lowest BCUT2D eigenvalue weighted by Crippen LogP contribution is -2.24. The molecule has 0 bridgehead atoms. The molecule has 3 rings (SSSR count). The van der Waals surface area contributed by atoms with E-state index in [-0.39, 0.29) is 18.0 Å². The van der Waals surface area contributed by atoms with Crippen LogP contribution < -0.4 is 30.3 Å². The van der Waals surface area contributed by atoms with E-state index in [0.29, 0.717) is 22.7 Å². The standard InChI is InChI=1S/C26H25FN4O6/c1-35-21-10-6-5-9-20(21)30-24(32)14-25(33)31-28-15-17-11-12-22(23(13-17)36-2)37-16-26(34)29-19-8-4-3-7-18(19)27/h3-13,15H,14,16H2,1-2H3,(H,29,34)(H,30,32)(H,31,33). The predicted octanol–water partition coefficient (Wildman–Crippen LogP) is 3.34. The summed E-state index contributed by atoms with van der Waals surface area (Å²) in [4.78, 5) is 36.2. The number of amides is 3. The van der Waals surface area contributed by atoms with Crippen molar-refractivity contribution in [2.75, 3.05) is 31.5 Å². The molecule has 3 aromatic rings. The van der Waals surface area contributed by atoms with E-state index in [2.05, 4.69) is 21.2 Å². The van der Waals surface area contributed by atoms with Crippen molar-refractivity contribution in [3.05, 3.63) is 78.1 Å². The van der Waals surface area contributed by atoms with Crippen molar-refractivity contribution >= 4 is 35.3 Å². The zero-order valence-corrected chi connectivity index (χ0v) is 20.1. The lowest BCUT2D eigenvalue weighted by molar-refractivity contribution is -0.126. The van der Waals surface area contributed by atoms with Crippen LogP contribution in [0.25, 0.3) is 0 Å². The Hall–Kier alpha value is -4.93. The van der Waals surface area contributed by atoms with Gasteiger partial charge in [0.25, 0.3) is 5.91 Å². The number of carbonyl (C=O) groups is 3. The van der Waals surface area contributed by atoms with Crippen molar-refractivity contribution in [3.63, 3.8) is 0 Å². The Morgan fingerprint density at radius 3 is 2.22 bits per heavy atom. The molecule has 37 heavy (non-hydrogen) atoms. The minimum Gasteiger partial charge on any atom is -0.495 e. The molecule has 0 aromatic heterocycles. The number of nitrogens with one attached hydrogen (secondary N) is 3. The summed E-state index contributed by atoms with van der Waals surface area (Å²) in [5.74, 6) is -1.18. The van der Waals surface area contributed by atoms with E-state index in [1.807, 2.05) is 0 Å². The van der Waals surface area contributed by atoms with Crippen LogP contribution >= 0.6 is 0 Å². The molecule has 0 unspecified atom stereocenters. The van der Waals surface area contributed by atoms with Gasteiger partial charge in [0.05, 0.1) is 31.8 Å². The van der Waals surface area contributed by atoms with E-state index in [0.717, 1.165) is 0 Å². The number of rotatable bonds is 11. The highest BCUT2D eigenvalue weighted by Gasteiger charge is 2.12. The maximum absolute atomic E-state index is 13.7. The van der Waals surface area contributed by atoms with Crippen LogP contribution in [0.4, 0.5) is 15.8 Å². The van der Waals surface area contributed by atoms with Crippen molar-refractivity contribution in [2.24, 2.45) is 5.10 Å². The second-order valence-electron chi connectivity index (χ2n) is 7.45. The molecule has 0 aliphatic heterocycles. The molecule has 0 fully saturated rings. The Morgan fingerprint density at radius 1 is 0.811 bits per heavy atom. The summed E-state index contributed by atoms with van der Waals surface area (Å²) in [6.45, 7) is -0.370.